The summed E-state index contributed by atoms with van der Waals surface area (Å²) in [6.45, 7) is 4.84. The van der Waals surface area contributed by atoms with Gasteiger partial charge in [0.1, 0.15) is 5.82 Å². The lowest BCUT2D eigenvalue weighted by Gasteiger charge is -2.29. The minimum absolute atomic E-state index is 0.153. The lowest BCUT2D eigenvalue weighted by Crippen LogP contribution is -2.37. The van der Waals surface area contributed by atoms with Crippen molar-refractivity contribution >= 4 is 17.4 Å². The predicted molar refractivity (Wildman–Crippen MR) is 128 cm³/mol. The molecule has 1 saturated heterocycles. The molecule has 6 rings (SSSR count). The van der Waals surface area contributed by atoms with Crippen LogP contribution in [0, 0.1) is 5.92 Å². The van der Waals surface area contributed by atoms with Crippen LogP contribution in [0.5, 0.6) is 0 Å². The minimum atomic E-state index is -0.162. The highest BCUT2D eigenvalue weighted by Gasteiger charge is 2.30. The van der Waals surface area contributed by atoms with Gasteiger partial charge in [-0.1, -0.05) is 30.3 Å². The smallest absolute Gasteiger partial charge is 0.272 e. The van der Waals surface area contributed by atoms with Crippen LogP contribution in [0.1, 0.15) is 30.3 Å². The number of hydrogen-bond donors (Lipinski definition) is 1. The number of benzene rings is 1. The third-order valence-electron chi connectivity index (χ3n) is 6.54. The molecule has 1 aliphatic carbocycles. The van der Waals surface area contributed by atoms with Crippen LogP contribution in [0.4, 0.5) is 5.82 Å². The molecule has 4 heterocycles. The molecule has 9 heteroatoms. The fourth-order valence-electron chi connectivity index (χ4n) is 4.40. The van der Waals surface area contributed by atoms with Gasteiger partial charge in [-0.3, -0.25) is 4.79 Å². The van der Waals surface area contributed by atoms with E-state index < -0.39 is 0 Å². The maximum atomic E-state index is 12.9. The number of anilines is 1. The highest BCUT2D eigenvalue weighted by Crippen LogP contribution is 2.32. The number of nitrogens with zero attached hydrogens (tertiary/aromatic N) is 6. The molecule has 3 aromatic heterocycles. The van der Waals surface area contributed by atoms with Gasteiger partial charge in [-0.2, -0.15) is 14.7 Å². The van der Waals surface area contributed by atoms with Gasteiger partial charge >= 0.3 is 0 Å². The fraction of sp³-hybridized carbons (Fsp3) is 0.360. The van der Waals surface area contributed by atoms with Gasteiger partial charge in [-0.25, -0.2) is 9.67 Å². The second-order valence-electron chi connectivity index (χ2n) is 8.98. The highest BCUT2D eigenvalue weighted by atomic mass is 16.5. The molecule has 1 amide bonds. The largest absolute Gasteiger partial charge is 0.378 e. The molecule has 1 aliphatic heterocycles. The summed E-state index contributed by atoms with van der Waals surface area (Å²) in [5.41, 5.74) is 2.90. The van der Waals surface area contributed by atoms with Crippen molar-refractivity contribution in [1.82, 2.24) is 29.7 Å². The Hall–Kier alpha value is -3.72. The molecule has 2 aliphatic rings. The van der Waals surface area contributed by atoms with Gasteiger partial charge in [-0.15, -0.1) is 0 Å². The number of carbonyl (C=O) groups excluding carboxylic acids is 1. The standard InChI is InChI=1S/C25H27N7O2/c1-17(18-7-8-18)26-25(33)21-15-23-27-22(16-24(32(23)29-21)30-11-13-34-14-12-30)31-10-9-20(28-31)19-5-3-2-4-6-19/h2-6,9-10,15-18H,7-8,11-14H2,1H3,(H,26,33)/t17-/m0/s1. The van der Waals surface area contributed by atoms with Crippen molar-refractivity contribution in [1.29, 1.82) is 0 Å². The topological polar surface area (TPSA) is 89.6 Å². The first-order valence-corrected chi connectivity index (χ1v) is 11.8. The summed E-state index contributed by atoms with van der Waals surface area (Å²) in [4.78, 5) is 19.9. The van der Waals surface area contributed by atoms with Crippen LogP contribution in [0.15, 0.2) is 54.7 Å². The Balaban J connectivity index is 1.39. The van der Waals surface area contributed by atoms with Gasteiger partial charge in [-0.05, 0) is 31.7 Å². The van der Waals surface area contributed by atoms with E-state index in [9.17, 15) is 4.79 Å². The summed E-state index contributed by atoms with van der Waals surface area (Å²) in [6.07, 6.45) is 4.26. The summed E-state index contributed by atoms with van der Waals surface area (Å²) in [5, 5.41) is 12.5. The van der Waals surface area contributed by atoms with Crippen LogP contribution >= 0.6 is 0 Å². The van der Waals surface area contributed by atoms with Crippen molar-refractivity contribution < 1.29 is 9.53 Å². The van der Waals surface area contributed by atoms with Gasteiger partial charge in [0, 0.05) is 43.0 Å². The van der Waals surface area contributed by atoms with Gasteiger partial charge in [0.25, 0.3) is 5.91 Å². The summed E-state index contributed by atoms with van der Waals surface area (Å²) < 4.78 is 9.08. The monoisotopic (exact) mass is 457 g/mol. The number of morpholine rings is 1. The Bertz CT molecular complexity index is 1320. The van der Waals surface area contributed by atoms with Crippen molar-refractivity contribution in [3.8, 4) is 17.1 Å². The van der Waals surface area contributed by atoms with Crippen molar-refractivity contribution in [2.24, 2.45) is 5.92 Å². The Kier molecular flexibility index (Phi) is 5.26. The Morgan fingerprint density at radius 3 is 2.65 bits per heavy atom. The summed E-state index contributed by atoms with van der Waals surface area (Å²) in [6, 6.07) is 15.9. The number of rotatable bonds is 6. The highest BCUT2D eigenvalue weighted by molar-refractivity contribution is 5.93. The minimum Gasteiger partial charge on any atom is -0.378 e. The first kappa shape index (κ1) is 20.9. The van der Waals surface area contributed by atoms with Crippen LogP contribution in [-0.2, 0) is 4.74 Å². The molecule has 2 fully saturated rings. The maximum Gasteiger partial charge on any atom is 0.272 e. The molecule has 1 N–H and O–H groups in total. The molecule has 0 spiro atoms. The lowest BCUT2D eigenvalue weighted by molar-refractivity contribution is 0.0930. The van der Waals surface area contributed by atoms with Gasteiger partial charge in [0.2, 0.25) is 0 Å². The zero-order valence-electron chi connectivity index (χ0n) is 19.1. The normalized spacial score (nSPS) is 17.1. The van der Waals surface area contributed by atoms with Gasteiger partial charge in [0.15, 0.2) is 17.2 Å². The number of ether oxygens (including phenoxy) is 1. The second kappa shape index (κ2) is 8.57. The molecule has 1 aromatic carbocycles. The van der Waals surface area contributed by atoms with Crippen LogP contribution < -0.4 is 10.2 Å². The first-order valence-electron chi connectivity index (χ1n) is 11.8. The van der Waals surface area contributed by atoms with E-state index in [4.69, 9.17) is 14.8 Å². The van der Waals surface area contributed by atoms with Crippen LogP contribution in [0.3, 0.4) is 0 Å². The third kappa shape index (κ3) is 4.03. The van der Waals surface area contributed by atoms with E-state index in [1.165, 1.54) is 12.8 Å². The molecule has 0 bridgehead atoms. The van der Waals surface area contributed by atoms with Crippen LogP contribution in [-0.4, -0.2) is 62.6 Å². The zero-order chi connectivity index (χ0) is 23.1. The quantitative estimate of drug-likeness (QED) is 0.479. The van der Waals surface area contributed by atoms with Crippen molar-refractivity contribution in [2.75, 3.05) is 31.2 Å². The summed E-state index contributed by atoms with van der Waals surface area (Å²) in [5.74, 6) is 1.96. The predicted octanol–water partition coefficient (Wildman–Crippen LogP) is 2.95. The molecular weight excluding hydrogens is 430 g/mol. The Labute approximate surface area is 197 Å². The molecule has 1 saturated carbocycles. The van der Waals surface area contributed by atoms with E-state index in [-0.39, 0.29) is 11.9 Å². The number of nitrogens with one attached hydrogen (secondary N) is 1. The number of fused-ring (bicyclic) bond motifs is 1. The van der Waals surface area contributed by atoms with E-state index in [0.29, 0.717) is 36.3 Å². The molecule has 0 radical (unpaired) electrons. The SMILES string of the molecule is C[C@H](NC(=O)c1cc2nc(-n3ccc(-c4ccccc4)n3)cc(N3CCOCC3)n2n1)C1CC1. The first-order chi connectivity index (χ1) is 16.7. The van der Waals surface area contributed by atoms with Crippen molar-refractivity contribution in [3.63, 3.8) is 0 Å². The fourth-order valence-corrected chi connectivity index (χ4v) is 4.40. The van der Waals surface area contributed by atoms with Gasteiger partial charge in [0.05, 0.1) is 18.9 Å². The van der Waals surface area contributed by atoms with E-state index in [0.717, 1.165) is 30.2 Å². The Morgan fingerprint density at radius 1 is 1.09 bits per heavy atom. The van der Waals surface area contributed by atoms with Gasteiger partial charge < -0.3 is 15.0 Å². The third-order valence-corrected chi connectivity index (χ3v) is 6.54. The number of carbonyl (C=O) groups is 1. The number of amides is 1. The Morgan fingerprint density at radius 2 is 1.88 bits per heavy atom. The summed E-state index contributed by atoms with van der Waals surface area (Å²) in [7, 11) is 0. The van der Waals surface area contributed by atoms with Crippen LogP contribution in [0.25, 0.3) is 22.7 Å². The van der Waals surface area contributed by atoms with E-state index in [1.54, 1.807) is 15.3 Å². The van der Waals surface area contributed by atoms with Crippen molar-refractivity contribution in [2.45, 2.75) is 25.8 Å². The summed E-state index contributed by atoms with van der Waals surface area (Å²) >= 11 is 0. The van der Waals surface area contributed by atoms with E-state index >= 15 is 0 Å². The van der Waals surface area contributed by atoms with Crippen LogP contribution in [0.2, 0.25) is 0 Å². The molecular formula is C25H27N7O2. The zero-order valence-corrected chi connectivity index (χ0v) is 19.1. The molecule has 0 unspecified atom stereocenters. The molecule has 34 heavy (non-hydrogen) atoms. The molecule has 1 atom stereocenters. The average molecular weight is 458 g/mol. The van der Waals surface area contributed by atoms with Crippen molar-refractivity contribution in [3.05, 3.63) is 60.4 Å². The molecule has 9 nitrogen and oxygen atoms in total. The average Bonchev–Trinajstić information content (AvgIpc) is 3.45. The number of aromatic nitrogens is 5. The van der Waals surface area contributed by atoms with E-state index in [2.05, 4.69) is 22.2 Å². The number of hydrogen-bond acceptors (Lipinski definition) is 6. The molecule has 4 aromatic rings. The second-order valence-corrected chi connectivity index (χ2v) is 8.98. The lowest BCUT2D eigenvalue weighted by atomic mass is 10.2. The van der Waals surface area contributed by atoms with E-state index in [1.807, 2.05) is 48.7 Å². The maximum absolute atomic E-state index is 12.9. The molecule has 174 valence electrons.